The standard InChI is InChI=1S/C29H35BrN2O6S/c1-29(2,3)22-8-6-21(7-9-22)19-38-27-20-37-24(17-25(27)33)18-31-12-5-13-32(15-14-31)39(34,35)28-16-23(30)10-11-26(28)36-4/h6-11,16-17,20H,5,12-15,18-19H2,1-4H3. The van der Waals surface area contributed by atoms with Crippen molar-refractivity contribution < 1.29 is 22.3 Å². The van der Waals surface area contributed by atoms with Crippen molar-refractivity contribution in [2.45, 2.75) is 50.7 Å². The summed E-state index contributed by atoms with van der Waals surface area (Å²) in [5.41, 5.74) is 2.03. The SMILES string of the molecule is COc1ccc(Br)cc1S(=O)(=O)N1CCCN(Cc2cc(=O)c(OCc3ccc(C(C)(C)C)cc3)co2)CC1. The highest BCUT2D eigenvalue weighted by Crippen LogP contribution is 2.30. The number of halogens is 1. The zero-order valence-corrected chi connectivity index (χ0v) is 25.2. The van der Waals surface area contributed by atoms with Crippen LogP contribution in [0.1, 0.15) is 44.1 Å². The molecule has 3 aromatic rings. The Labute approximate surface area is 238 Å². The fraction of sp³-hybridized carbons (Fsp3) is 0.414. The van der Waals surface area contributed by atoms with Crippen LogP contribution in [0.4, 0.5) is 0 Å². The van der Waals surface area contributed by atoms with Crippen LogP contribution >= 0.6 is 15.9 Å². The van der Waals surface area contributed by atoms with Crippen LogP contribution in [0.15, 0.2) is 73.4 Å². The average molecular weight is 620 g/mol. The molecule has 0 bridgehead atoms. The van der Waals surface area contributed by atoms with E-state index >= 15 is 0 Å². The van der Waals surface area contributed by atoms with Gasteiger partial charge in [0.15, 0.2) is 0 Å². The van der Waals surface area contributed by atoms with Crippen molar-refractivity contribution in [1.82, 2.24) is 9.21 Å². The molecule has 1 saturated heterocycles. The summed E-state index contributed by atoms with van der Waals surface area (Å²) in [4.78, 5) is 14.9. The van der Waals surface area contributed by atoms with Crippen molar-refractivity contribution in [2.24, 2.45) is 0 Å². The third-order valence-electron chi connectivity index (χ3n) is 6.74. The topological polar surface area (TPSA) is 89.3 Å². The van der Waals surface area contributed by atoms with Crippen molar-refractivity contribution in [2.75, 3.05) is 33.3 Å². The van der Waals surface area contributed by atoms with E-state index in [1.54, 1.807) is 18.2 Å². The van der Waals surface area contributed by atoms with Crippen molar-refractivity contribution in [3.8, 4) is 11.5 Å². The Morgan fingerprint density at radius 1 is 0.974 bits per heavy atom. The molecule has 1 aliphatic heterocycles. The fourth-order valence-corrected chi connectivity index (χ4v) is 6.61. The highest BCUT2D eigenvalue weighted by Gasteiger charge is 2.30. The van der Waals surface area contributed by atoms with Gasteiger partial charge < -0.3 is 13.9 Å². The number of benzene rings is 2. The molecule has 8 nitrogen and oxygen atoms in total. The minimum absolute atomic E-state index is 0.0725. The number of rotatable bonds is 8. The second-order valence-corrected chi connectivity index (χ2v) is 13.5. The molecule has 39 heavy (non-hydrogen) atoms. The lowest BCUT2D eigenvalue weighted by atomic mass is 9.87. The zero-order chi connectivity index (χ0) is 28.2. The average Bonchev–Trinajstić information content (AvgIpc) is 3.14. The first-order valence-corrected chi connectivity index (χ1v) is 15.1. The lowest BCUT2D eigenvalue weighted by Crippen LogP contribution is -2.35. The van der Waals surface area contributed by atoms with Crippen molar-refractivity contribution >= 4 is 26.0 Å². The molecule has 1 fully saturated rings. The lowest BCUT2D eigenvalue weighted by molar-refractivity contribution is 0.245. The van der Waals surface area contributed by atoms with Crippen LogP contribution in [0.2, 0.25) is 0 Å². The summed E-state index contributed by atoms with van der Waals surface area (Å²) in [6.07, 6.45) is 2.00. The highest BCUT2D eigenvalue weighted by molar-refractivity contribution is 9.10. The van der Waals surface area contributed by atoms with Crippen LogP contribution in [-0.2, 0) is 28.6 Å². The van der Waals surface area contributed by atoms with E-state index in [4.69, 9.17) is 13.9 Å². The molecule has 0 atom stereocenters. The Kier molecular flexibility index (Phi) is 9.21. The van der Waals surface area contributed by atoms with Crippen molar-refractivity contribution in [3.63, 3.8) is 0 Å². The third kappa shape index (κ3) is 7.30. The van der Waals surface area contributed by atoms with Gasteiger partial charge in [-0.1, -0.05) is 61.0 Å². The molecule has 0 saturated carbocycles. The number of sulfonamides is 1. The minimum Gasteiger partial charge on any atom is -0.495 e. The number of hydrogen-bond donors (Lipinski definition) is 0. The molecular weight excluding hydrogens is 584 g/mol. The number of ether oxygens (including phenoxy) is 2. The molecule has 0 radical (unpaired) electrons. The molecule has 4 rings (SSSR count). The van der Waals surface area contributed by atoms with Crippen LogP contribution in [0.3, 0.4) is 0 Å². The predicted octanol–water partition coefficient (Wildman–Crippen LogP) is 5.18. The van der Waals surface area contributed by atoms with Crippen LogP contribution in [-0.4, -0.2) is 50.9 Å². The maximum atomic E-state index is 13.4. The Bertz CT molecular complexity index is 1450. The van der Waals surface area contributed by atoms with Gasteiger partial charge in [-0.05, 0) is 47.7 Å². The summed E-state index contributed by atoms with van der Waals surface area (Å²) >= 11 is 3.35. The number of methoxy groups -OCH3 is 1. The first-order chi connectivity index (χ1) is 18.5. The van der Waals surface area contributed by atoms with Gasteiger partial charge in [0.25, 0.3) is 0 Å². The van der Waals surface area contributed by atoms with Gasteiger partial charge >= 0.3 is 0 Å². The minimum atomic E-state index is -3.74. The van der Waals surface area contributed by atoms with E-state index in [2.05, 4.69) is 53.7 Å². The summed E-state index contributed by atoms with van der Waals surface area (Å²) in [5.74, 6) is 0.979. The van der Waals surface area contributed by atoms with Crippen molar-refractivity contribution in [3.05, 3.63) is 86.4 Å². The monoisotopic (exact) mass is 618 g/mol. The van der Waals surface area contributed by atoms with Crippen LogP contribution in [0.25, 0.3) is 0 Å². The van der Waals surface area contributed by atoms with E-state index in [0.717, 1.165) is 5.56 Å². The Morgan fingerprint density at radius 3 is 2.38 bits per heavy atom. The fourth-order valence-electron chi connectivity index (χ4n) is 4.45. The molecule has 2 heterocycles. The first-order valence-electron chi connectivity index (χ1n) is 12.9. The van der Waals surface area contributed by atoms with Gasteiger partial charge in [0, 0.05) is 30.2 Å². The van der Waals surface area contributed by atoms with E-state index in [1.165, 1.54) is 29.3 Å². The lowest BCUT2D eigenvalue weighted by Gasteiger charge is -2.22. The normalized spacial score (nSPS) is 15.6. The zero-order valence-electron chi connectivity index (χ0n) is 22.8. The first kappa shape index (κ1) is 29.3. The highest BCUT2D eigenvalue weighted by atomic mass is 79.9. The third-order valence-corrected chi connectivity index (χ3v) is 9.15. The Hall–Kier alpha value is -2.66. The van der Waals surface area contributed by atoms with Crippen LogP contribution < -0.4 is 14.9 Å². The van der Waals surface area contributed by atoms with Gasteiger partial charge in [-0.2, -0.15) is 4.31 Å². The van der Waals surface area contributed by atoms with Crippen LogP contribution in [0, 0.1) is 0 Å². The number of hydrogen-bond acceptors (Lipinski definition) is 7. The van der Waals surface area contributed by atoms with Gasteiger partial charge in [0.1, 0.15) is 29.3 Å². The molecule has 1 aliphatic rings. The molecule has 0 spiro atoms. The second kappa shape index (κ2) is 12.2. The van der Waals surface area contributed by atoms with E-state index < -0.39 is 10.0 Å². The quantitative estimate of drug-likeness (QED) is 0.343. The molecule has 2 aromatic carbocycles. The molecule has 0 unspecified atom stereocenters. The van der Waals surface area contributed by atoms with Gasteiger partial charge in [-0.15, -0.1) is 0 Å². The summed E-state index contributed by atoms with van der Waals surface area (Å²) in [6, 6.07) is 14.6. The molecule has 10 heteroatoms. The number of nitrogens with zero attached hydrogens (tertiary/aromatic N) is 2. The molecule has 0 amide bonds. The summed E-state index contributed by atoms with van der Waals surface area (Å²) < 4.78 is 45.7. The van der Waals surface area contributed by atoms with Gasteiger partial charge in [0.2, 0.25) is 21.2 Å². The summed E-state index contributed by atoms with van der Waals surface area (Å²) in [6.45, 7) is 9.05. The maximum absolute atomic E-state index is 13.4. The molecule has 210 valence electrons. The van der Waals surface area contributed by atoms with E-state index in [-0.39, 0.29) is 28.1 Å². The van der Waals surface area contributed by atoms with Crippen LogP contribution in [0.5, 0.6) is 11.5 Å². The second-order valence-electron chi connectivity index (χ2n) is 10.6. The molecular formula is C29H35BrN2O6S. The van der Waals surface area contributed by atoms with Gasteiger partial charge in [0.05, 0.1) is 13.7 Å². The molecule has 0 aliphatic carbocycles. The van der Waals surface area contributed by atoms with Crippen molar-refractivity contribution in [1.29, 1.82) is 0 Å². The van der Waals surface area contributed by atoms with E-state index in [0.29, 0.717) is 55.1 Å². The van der Waals surface area contributed by atoms with Gasteiger partial charge in [-0.3, -0.25) is 9.69 Å². The Morgan fingerprint density at radius 2 is 1.72 bits per heavy atom. The summed E-state index contributed by atoms with van der Waals surface area (Å²) in [7, 11) is -2.28. The largest absolute Gasteiger partial charge is 0.495 e. The molecule has 1 aromatic heterocycles. The summed E-state index contributed by atoms with van der Waals surface area (Å²) in [5, 5.41) is 0. The van der Waals surface area contributed by atoms with Gasteiger partial charge in [-0.25, -0.2) is 8.42 Å². The maximum Gasteiger partial charge on any atom is 0.246 e. The molecule has 0 N–H and O–H groups in total. The predicted molar refractivity (Wildman–Crippen MR) is 154 cm³/mol. The smallest absolute Gasteiger partial charge is 0.246 e. The van der Waals surface area contributed by atoms with E-state index in [1.807, 2.05) is 12.1 Å². The van der Waals surface area contributed by atoms with E-state index in [9.17, 15) is 13.2 Å². The Balaban J connectivity index is 1.36.